The van der Waals surface area contributed by atoms with Gasteiger partial charge >= 0.3 is 0 Å². The number of aliphatic hydroxyl groups excluding tert-OH is 1. The van der Waals surface area contributed by atoms with Crippen LogP contribution in [0.2, 0.25) is 0 Å². The van der Waals surface area contributed by atoms with Crippen LogP contribution in [0.1, 0.15) is 51.2 Å². The molecule has 0 aliphatic rings. The van der Waals surface area contributed by atoms with E-state index in [1.54, 1.807) is 0 Å². The van der Waals surface area contributed by atoms with E-state index in [9.17, 15) is 23.6 Å². The van der Waals surface area contributed by atoms with Gasteiger partial charge in [-0.2, -0.15) is 14.7 Å². The summed E-state index contributed by atoms with van der Waals surface area (Å²) in [4.78, 5) is 13.1. The van der Waals surface area contributed by atoms with Crippen LogP contribution in [0.5, 0.6) is 5.88 Å². The number of aromatic nitrogens is 1. The van der Waals surface area contributed by atoms with Crippen LogP contribution in [-0.2, 0) is 21.3 Å². The van der Waals surface area contributed by atoms with E-state index in [1.165, 1.54) is 35.5 Å². The SMILES string of the molecule is CCCCC(C)N(CC)S(=O)(=O)c1ccc(N=Nc2c(C)c(C#N)c(O)n(CCOCCO)c2=O)cc1. The Morgan fingerprint density at radius 2 is 1.86 bits per heavy atom. The van der Waals surface area contributed by atoms with E-state index in [1.807, 2.05) is 19.9 Å². The van der Waals surface area contributed by atoms with Crippen LogP contribution in [0.25, 0.3) is 0 Å². The first kappa shape index (κ1) is 30.1. The lowest BCUT2D eigenvalue weighted by Gasteiger charge is -2.27. The second kappa shape index (κ2) is 14.0. The summed E-state index contributed by atoms with van der Waals surface area (Å²) < 4.78 is 33.9. The summed E-state index contributed by atoms with van der Waals surface area (Å²) in [5.41, 5.74) is -0.433. The van der Waals surface area contributed by atoms with Gasteiger partial charge in [0, 0.05) is 18.2 Å². The molecule has 37 heavy (non-hydrogen) atoms. The normalized spacial score (nSPS) is 12.8. The highest BCUT2D eigenvalue weighted by Gasteiger charge is 2.27. The van der Waals surface area contributed by atoms with Crippen molar-refractivity contribution in [3.63, 3.8) is 0 Å². The van der Waals surface area contributed by atoms with E-state index in [0.717, 1.165) is 23.8 Å². The molecule has 0 aliphatic heterocycles. The van der Waals surface area contributed by atoms with Crippen LogP contribution in [0, 0.1) is 18.3 Å². The second-order valence-corrected chi connectivity index (χ2v) is 10.4. The lowest BCUT2D eigenvalue weighted by Crippen LogP contribution is -2.38. The van der Waals surface area contributed by atoms with Gasteiger partial charge in [0.1, 0.15) is 11.6 Å². The molecule has 1 aromatic heterocycles. The number of nitriles is 1. The number of sulfonamides is 1. The van der Waals surface area contributed by atoms with Gasteiger partial charge in [-0.15, -0.1) is 5.11 Å². The average molecular weight is 534 g/mol. The first-order chi connectivity index (χ1) is 17.6. The average Bonchev–Trinajstić information content (AvgIpc) is 2.87. The molecule has 1 atom stereocenters. The molecule has 1 unspecified atom stereocenters. The van der Waals surface area contributed by atoms with Gasteiger partial charge in [0.05, 0.1) is 36.9 Å². The smallest absolute Gasteiger partial charge is 0.281 e. The Labute approximate surface area is 217 Å². The summed E-state index contributed by atoms with van der Waals surface area (Å²) in [5.74, 6) is -0.500. The molecule has 1 aromatic carbocycles. The van der Waals surface area contributed by atoms with Crippen LogP contribution in [-0.4, -0.2) is 59.9 Å². The van der Waals surface area contributed by atoms with Crippen molar-refractivity contribution in [1.82, 2.24) is 8.87 Å². The Bertz CT molecular complexity index is 1280. The molecule has 0 spiro atoms. The van der Waals surface area contributed by atoms with Gasteiger partial charge in [0.15, 0.2) is 5.69 Å². The highest BCUT2D eigenvalue weighted by Crippen LogP contribution is 2.28. The van der Waals surface area contributed by atoms with E-state index in [4.69, 9.17) is 9.84 Å². The fraction of sp³-hybridized carbons (Fsp3) is 0.520. The van der Waals surface area contributed by atoms with Crippen LogP contribution in [0.3, 0.4) is 0 Å². The van der Waals surface area contributed by atoms with Gasteiger partial charge in [-0.1, -0.05) is 26.7 Å². The van der Waals surface area contributed by atoms with E-state index < -0.39 is 21.5 Å². The zero-order valence-corrected chi connectivity index (χ0v) is 22.5. The van der Waals surface area contributed by atoms with Crippen molar-refractivity contribution in [2.24, 2.45) is 10.2 Å². The van der Waals surface area contributed by atoms with Gasteiger partial charge in [-0.3, -0.25) is 9.36 Å². The molecule has 12 heteroatoms. The van der Waals surface area contributed by atoms with Gasteiger partial charge in [0.25, 0.3) is 5.56 Å². The van der Waals surface area contributed by atoms with Crippen LogP contribution in [0.4, 0.5) is 11.4 Å². The van der Waals surface area contributed by atoms with E-state index in [0.29, 0.717) is 12.2 Å². The maximum atomic E-state index is 13.2. The number of benzene rings is 1. The molecule has 0 radical (unpaired) electrons. The van der Waals surface area contributed by atoms with Crippen molar-refractivity contribution in [1.29, 1.82) is 5.26 Å². The van der Waals surface area contributed by atoms with Crippen LogP contribution in [0.15, 0.2) is 44.2 Å². The van der Waals surface area contributed by atoms with Crippen molar-refractivity contribution < 1.29 is 23.4 Å². The first-order valence-electron chi connectivity index (χ1n) is 12.2. The Morgan fingerprint density at radius 1 is 1.19 bits per heavy atom. The highest BCUT2D eigenvalue weighted by molar-refractivity contribution is 7.89. The van der Waals surface area contributed by atoms with Crippen LogP contribution < -0.4 is 5.56 Å². The third-order valence-electron chi connectivity index (χ3n) is 5.95. The Morgan fingerprint density at radius 3 is 2.43 bits per heavy atom. The third-order valence-corrected chi connectivity index (χ3v) is 8.05. The van der Waals surface area contributed by atoms with E-state index in [2.05, 4.69) is 17.2 Å². The number of unbranched alkanes of at least 4 members (excludes halogenated alkanes) is 1. The molecule has 1 heterocycles. The molecular formula is C25H35N5O6S. The standard InChI is InChI=1S/C25H35N5O6S/c1-5-7-8-18(3)30(6-2)37(34,35)21-11-9-20(10-12-21)27-28-23-19(4)22(17-26)24(32)29(25(23)33)13-15-36-16-14-31/h9-12,18,31-32H,5-8,13-16H2,1-4H3. The molecule has 11 nitrogen and oxygen atoms in total. The fourth-order valence-electron chi connectivity index (χ4n) is 3.88. The van der Waals surface area contributed by atoms with E-state index in [-0.39, 0.29) is 54.1 Å². The number of aliphatic hydroxyl groups is 1. The molecule has 0 amide bonds. The summed E-state index contributed by atoms with van der Waals surface area (Å²) in [5, 5.41) is 36.8. The number of ether oxygens (including phenoxy) is 1. The molecule has 0 aliphatic carbocycles. The van der Waals surface area contributed by atoms with E-state index >= 15 is 0 Å². The number of rotatable bonds is 14. The Balaban J connectivity index is 2.35. The summed E-state index contributed by atoms with van der Waals surface area (Å²) in [6, 6.07) is 7.61. The van der Waals surface area contributed by atoms with Crippen molar-refractivity contribution in [2.75, 3.05) is 26.4 Å². The van der Waals surface area contributed by atoms with Crippen molar-refractivity contribution in [2.45, 2.75) is 64.4 Å². The Kier molecular flexibility index (Phi) is 11.4. The number of pyridine rings is 1. The predicted octanol–water partition coefficient (Wildman–Crippen LogP) is 3.75. The van der Waals surface area contributed by atoms with Crippen LogP contribution >= 0.6 is 0 Å². The molecule has 0 fully saturated rings. The summed E-state index contributed by atoms with van der Waals surface area (Å²) >= 11 is 0. The van der Waals surface area contributed by atoms with Crippen molar-refractivity contribution in [3.8, 4) is 11.9 Å². The molecule has 202 valence electrons. The summed E-state index contributed by atoms with van der Waals surface area (Å²) in [7, 11) is -3.69. The zero-order chi connectivity index (χ0) is 27.6. The number of hydrogen-bond donors (Lipinski definition) is 2. The predicted molar refractivity (Wildman–Crippen MR) is 139 cm³/mol. The molecule has 0 saturated carbocycles. The third kappa shape index (κ3) is 7.23. The molecule has 2 rings (SSSR count). The minimum Gasteiger partial charge on any atom is -0.493 e. The number of azo groups is 1. The molecule has 2 aromatic rings. The summed E-state index contributed by atoms with van der Waals surface area (Å²) in [6.45, 7) is 7.46. The van der Waals surface area contributed by atoms with Gasteiger partial charge in [-0.05, 0) is 44.5 Å². The number of aromatic hydroxyl groups is 1. The summed E-state index contributed by atoms with van der Waals surface area (Å²) in [6.07, 6.45) is 2.70. The molecule has 2 N–H and O–H groups in total. The second-order valence-electron chi connectivity index (χ2n) is 8.47. The molecular weight excluding hydrogens is 498 g/mol. The fourth-order valence-corrected chi connectivity index (χ4v) is 5.55. The first-order valence-corrected chi connectivity index (χ1v) is 13.7. The van der Waals surface area contributed by atoms with Crippen molar-refractivity contribution in [3.05, 3.63) is 45.7 Å². The quantitative estimate of drug-likeness (QED) is 0.276. The lowest BCUT2D eigenvalue weighted by atomic mass is 10.1. The zero-order valence-electron chi connectivity index (χ0n) is 21.7. The highest BCUT2D eigenvalue weighted by atomic mass is 32.2. The minimum absolute atomic E-state index is 0.0281. The number of hydrogen-bond acceptors (Lipinski definition) is 9. The van der Waals surface area contributed by atoms with Gasteiger partial charge < -0.3 is 14.9 Å². The van der Waals surface area contributed by atoms with Gasteiger partial charge in [0.2, 0.25) is 15.9 Å². The maximum Gasteiger partial charge on any atom is 0.281 e. The lowest BCUT2D eigenvalue weighted by molar-refractivity contribution is 0.0854. The largest absolute Gasteiger partial charge is 0.493 e. The van der Waals surface area contributed by atoms with Gasteiger partial charge in [-0.25, -0.2) is 8.42 Å². The topological polar surface area (TPSA) is 158 Å². The monoisotopic (exact) mass is 533 g/mol. The molecule has 0 saturated heterocycles. The maximum absolute atomic E-state index is 13.2. The van der Waals surface area contributed by atoms with Crippen molar-refractivity contribution >= 4 is 21.4 Å². The Hall–Kier alpha value is -3.11. The number of nitrogens with zero attached hydrogens (tertiary/aromatic N) is 5. The molecule has 0 bridgehead atoms. The minimum atomic E-state index is -3.69.